The van der Waals surface area contributed by atoms with Crippen LogP contribution in [0.15, 0.2) is 54.6 Å². The van der Waals surface area contributed by atoms with Gasteiger partial charge in [-0.2, -0.15) is 0 Å². The van der Waals surface area contributed by atoms with Crippen molar-refractivity contribution in [2.24, 2.45) is 0 Å². The number of carbonyl (C=O) groups excluding carboxylic acids is 1. The molecule has 3 rings (SSSR count). The monoisotopic (exact) mass is 343 g/mol. The van der Waals surface area contributed by atoms with Gasteiger partial charge in [0.05, 0.1) is 11.5 Å². The quantitative estimate of drug-likeness (QED) is 0.858. The smallest absolute Gasteiger partial charge is 0.254 e. The van der Waals surface area contributed by atoms with Crippen LogP contribution < -0.4 is 0 Å². The van der Waals surface area contributed by atoms with Crippen molar-refractivity contribution >= 4 is 15.7 Å². The maximum Gasteiger partial charge on any atom is 0.254 e. The maximum atomic E-state index is 13.1. The van der Waals surface area contributed by atoms with Crippen LogP contribution in [-0.4, -0.2) is 36.8 Å². The standard InChI is InChI=1S/C19H21NO3S/c1-15-7-5-6-10-18(15)19(21)20(13-16-8-3-2-4-9-16)17-11-12-24(22,23)14-17/h2-10,17H,11-14H2,1H3/t17-/m0/s1. The molecule has 1 amide bonds. The van der Waals surface area contributed by atoms with E-state index >= 15 is 0 Å². The number of hydrogen-bond donors (Lipinski definition) is 0. The van der Waals surface area contributed by atoms with Crippen molar-refractivity contribution in [2.75, 3.05) is 11.5 Å². The Kier molecular flexibility index (Phi) is 4.71. The van der Waals surface area contributed by atoms with Crippen LogP contribution in [0.25, 0.3) is 0 Å². The van der Waals surface area contributed by atoms with Crippen molar-refractivity contribution in [1.82, 2.24) is 4.90 Å². The molecule has 24 heavy (non-hydrogen) atoms. The van der Waals surface area contributed by atoms with Gasteiger partial charge < -0.3 is 4.90 Å². The molecule has 2 aromatic carbocycles. The van der Waals surface area contributed by atoms with E-state index in [0.29, 0.717) is 18.5 Å². The predicted octanol–water partition coefficient (Wildman–Crippen LogP) is 2.82. The van der Waals surface area contributed by atoms with Crippen molar-refractivity contribution in [3.63, 3.8) is 0 Å². The Hall–Kier alpha value is -2.14. The highest BCUT2D eigenvalue weighted by molar-refractivity contribution is 7.91. The van der Waals surface area contributed by atoms with Crippen molar-refractivity contribution in [3.8, 4) is 0 Å². The molecule has 0 unspecified atom stereocenters. The number of hydrogen-bond acceptors (Lipinski definition) is 3. The van der Waals surface area contributed by atoms with Gasteiger partial charge in [0.1, 0.15) is 0 Å². The molecule has 4 nitrogen and oxygen atoms in total. The van der Waals surface area contributed by atoms with Crippen molar-refractivity contribution in [1.29, 1.82) is 0 Å². The number of carbonyl (C=O) groups is 1. The molecule has 1 aliphatic rings. The highest BCUT2D eigenvalue weighted by atomic mass is 32.2. The lowest BCUT2D eigenvalue weighted by Gasteiger charge is -2.29. The van der Waals surface area contributed by atoms with Crippen LogP contribution in [0, 0.1) is 6.92 Å². The van der Waals surface area contributed by atoms with Crippen LogP contribution in [0.3, 0.4) is 0 Å². The van der Waals surface area contributed by atoms with Gasteiger partial charge in [0.2, 0.25) is 0 Å². The summed E-state index contributed by atoms with van der Waals surface area (Å²) < 4.78 is 23.8. The summed E-state index contributed by atoms with van der Waals surface area (Å²) in [5.74, 6) is 0.112. The summed E-state index contributed by atoms with van der Waals surface area (Å²) in [6, 6.07) is 16.9. The van der Waals surface area contributed by atoms with Crippen molar-refractivity contribution < 1.29 is 13.2 Å². The van der Waals surface area contributed by atoms with Crippen LogP contribution in [0.4, 0.5) is 0 Å². The Labute approximate surface area is 143 Å². The molecule has 0 radical (unpaired) electrons. The van der Waals surface area contributed by atoms with Gasteiger partial charge >= 0.3 is 0 Å². The van der Waals surface area contributed by atoms with E-state index < -0.39 is 9.84 Å². The fourth-order valence-electron chi connectivity index (χ4n) is 3.14. The molecule has 0 spiro atoms. The van der Waals surface area contributed by atoms with E-state index in [-0.39, 0.29) is 23.5 Å². The first kappa shape index (κ1) is 16.7. The predicted molar refractivity (Wildman–Crippen MR) is 94.6 cm³/mol. The second kappa shape index (κ2) is 6.77. The molecule has 0 N–H and O–H groups in total. The molecule has 1 atom stereocenters. The van der Waals surface area contributed by atoms with Crippen LogP contribution in [0.1, 0.15) is 27.9 Å². The second-order valence-corrected chi connectivity index (χ2v) is 8.52. The third-order valence-corrected chi connectivity index (χ3v) is 6.23. The lowest BCUT2D eigenvalue weighted by molar-refractivity contribution is 0.0680. The zero-order chi connectivity index (χ0) is 17.2. The Morgan fingerprint density at radius 1 is 1.08 bits per heavy atom. The molecule has 0 aliphatic carbocycles. The minimum atomic E-state index is -3.05. The zero-order valence-corrected chi connectivity index (χ0v) is 14.5. The molecule has 126 valence electrons. The Morgan fingerprint density at radius 3 is 2.38 bits per heavy atom. The lowest BCUT2D eigenvalue weighted by atomic mass is 10.1. The van der Waals surface area contributed by atoms with E-state index in [1.807, 2.05) is 55.5 Å². The normalized spacial score (nSPS) is 19.1. The fourth-order valence-corrected chi connectivity index (χ4v) is 4.87. The summed E-state index contributed by atoms with van der Waals surface area (Å²) in [6.45, 7) is 2.33. The van der Waals surface area contributed by atoms with Gasteiger partial charge in [0, 0.05) is 18.2 Å². The average molecular weight is 343 g/mol. The summed E-state index contributed by atoms with van der Waals surface area (Å²) in [5, 5.41) is 0. The van der Waals surface area contributed by atoms with Gasteiger partial charge in [-0.25, -0.2) is 8.42 Å². The van der Waals surface area contributed by atoms with Crippen LogP contribution in [-0.2, 0) is 16.4 Å². The fraction of sp³-hybridized carbons (Fsp3) is 0.316. The molecule has 0 saturated carbocycles. The molecule has 1 heterocycles. The van der Waals surface area contributed by atoms with E-state index in [9.17, 15) is 13.2 Å². The molecule has 1 fully saturated rings. The Bertz CT molecular complexity index is 831. The van der Waals surface area contributed by atoms with Gasteiger partial charge in [-0.15, -0.1) is 0 Å². The highest BCUT2D eigenvalue weighted by Crippen LogP contribution is 2.23. The third-order valence-electron chi connectivity index (χ3n) is 4.48. The average Bonchev–Trinajstić information content (AvgIpc) is 2.93. The van der Waals surface area contributed by atoms with Gasteiger partial charge in [-0.1, -0.05) is 48.5 Å². The topological polar surface area (TPSA) is 54.5 Å². The first-order valence-corrected chi connectivity index (χ1v) is 9.89. The Morgan fingerprint density at radius 2 is 1.75 bits per heavy atom. The number of rotatable bonds is 4. The van der Waals surface area contributed by atoms with E-state index in [4.69, 9.17) is 0 Å². The van der Waals surface area contributed by atoms with Gasteiger partial charge in [0.25, 0.3) is 5.91 Å². The molecule has 0 aromatic heterocycles. The minimum Gasteiger partial charge on any atom is -0.330 e. The number of amides is 1. The number of benzene rings is 2. The van der Waals surface area contributed by atoms with E-state index in [0.717, 1.165) is 11.1 Å². The van der Waals surface area contributed by atoms with Crippen molar-refractivity contribution in [3.05, 3.63) is 71.3 Å². The van der Waals surface area contributed by atoms with Crippen molar-refractivity contribution in [2.45, 2.75) is 25.9 Å². The largest absolute Gasteiger partial charge is 0.330 e. The molecular formula is C19H21NO3S. The first-order chi connectivity index (χ1) is 11.5. The molecule has 1 aliphatic heterocycles. The summed E-state index contributed by atoms with van der Waals surface area (Å²) in [7, 11) is -3.05. The summed E-state index contributed by atoms with van der Waals surface area (Å²) in [5.41, 5.74) is 2.54. The molecule has 1 saturated heterocycles. The minimum absolute atomic E-state index is 0.0530. The zero-order valence-electron chi connectivity index (χ0n) is 13.7. The van der Waals surface area contributed by atoms with E-state index in [2.05, 4.69) is 0 Å². The van der Waals surface area contributed by atoms with Gasteiger partial charge in [0.15, 0.2) is 9.84 Å². The second-order valence-electron chi connectivity index (χ2n) is 6.29. The summed E-state index contributed by atoms with van der Waals surface area (Å²) in [6.07, 6.45) is 0.507. The van der Waals surface area contributed by atoms with Gasteiger partial charge in [-0.05, 0) is 30.5 Å². The number of aryl methyl sites for hydroxylation is 1. The van der Waals surface area contributed by atoms with Gasteiger partial charge in [-0.3, -0.25) is 4.79 Å². The lowest BCUT2D eigenvalue weighted by Crippen LogP contribution is -2.40. The van der Waals surface area contributed by atoms with Crippen LogP contribution in [0.2, 0.25) is 0 Å². The summed E-state index contributed by atoms with van der Waals surface area (Å²) >= 11 is 0. The Balaban J connectivity index is 1.93. The van der Waals surface area contributed by atoms with Crippen LogP contribution in [0.5, 0.6) is 0 Å². The van der Waals surface area contributed by atoms with Crippen LogP contribution >= 0.6 is 0 Å². The highest BCUT2D eigenvalue weighted by Gasteiger charge is 2.35. The third kappa shape index (κ3) is 3.67. The SMILES string of the molecule is Cc1ccccc1C(=O)N(Cc1ccccc1)[C@H]1CCS(=O)(=O)C1. The first-order valence-electron chi connectivity index (χ1n) is 8.07. The maximum absolute atomic E-state index is 13.1. The molecule has 5 heteroatoms. The molecule has 2 aromatic rings. The number of nitrogens with zero attached hydrogens (tertiary/aromatic N) is 1. The molecular weight excluding hydrogens is 322 g/mol. The molecule has 0 bridgehead atoms. The number of sulfone groups is 1. The summed E-state index contributed by atoms with van der Waals surface area (Å²) in [4.78, 5) is 14.8. The van der Waals surface area contributed by atoms with E-state index in [1.54, 1.807) is 11.0 Å². The van der Waals surface area contributed by atoms with E-state index in [1.165, 1.54) is 0 Å².